The zero-order chi connectivity index (χ0) is 19.7. The standard InChI is InChI=1S/C17H27N3O4SSi/c1-12-19-15-11-13(10-14(18)17(21)24-2)6-7-16(15)20(12)25(22,23)8-9-26(3,4)5/h6-7,11,14H,8-10,18H2,1-5H3. The number of imidazole rings is 1. The van der Waals surface area contributed by atoms with Crippen LogP contribution in [-0.4, -0.2) is 50.3 Å². The molecule has 1 unspecified atom stereocenters. The molecule has 1 heterocycles. The van der Waals surface area contributed by atoms with Crippen molar-refractivity contribution < 1.29 is 17.9 Å². The molecule has 0 amide bonds. The first-order chi connectivity index (χ1) is 11.9. The maximum Gasteiger partial charge on any atom is 0.322 e. The Labute approximate surface area is 155 Å². The Hall–Kier alpha value is -1.71. The molecule has 2 rings (SSSR count). The number of aromatic nitrogens is 2. The molecular weight excluding hydrogens is 370 g/mol. The van der Waals surface area contributed by atoms with Gasteiger partial charge in [0, 0.05) is 8.07 Å². The molecule has 7 nitrogen and oxygen atoms in total. The van der Waals surface area contributed by atoms with E-state index in [1.165, 1.54) is 11.1 Å². The predicted octanol–water partition coefficient (Wildman–Crippen LogP) is 1.90. The normalized spacial score (nSPS) is 13.8. The number of rotatable bonds is 7. The Bertz CT molecular complexity index is 916. The number of benzene rings is 1. The molecule has 0 aliphatic rings. The van der Waals surface area contributed by atoms with Gasteiger partial charge in [-0.05, 0) is 37.1 Å². The molecule has 0 saturated carbocycles. The summed E-state index contributed by atoms with van der Waals surface area (Å²) in [5.41, 5.74) is 7.73. The Kier molecular flexibility index (Phi) is 5.94. The van der Waals surface area contributed by atoms with Crippen molar-refractivity contribution in [3.05, 3.63) is 29.6 Å². The predicted molar refractivity (Wildman–Crippen MR) is 106 cm³/mol. The van der Waals surface area contributed by atoms with E-state index in [4.69, 9.17) is 5.73 Å². The fourth-order valence-electron chi connectivity index (χ4n) is 2.72. The number of esters is 1. The maximum absolute atomic E-state index is 12.8. The molecule has 0 bridgehead atoms. The zero-order valence-electron chi connectivity index (χ0n) is 15.9. The minimum absolute atomic E-state index is 0.115. The highest BCUT2D eigenvalue weighted by Crippen LogP contribution is 2.22. The van der Waals surface area contributed by atoms with Crippen LogP contribution < -0.4 is 5.73 Å². The smallest absolute Gasteiger partial charge is 0.322 e. The second kappa shape index (κ2) is 7.49. The molecule has 0 fully saturated rings. The van der Waals surface area contributed by atoms with E-state index >= 15 is 0 Å². The highest BCUT2D eigenvalue weighted by Gasteiger charge is 2.24. The summed E-state index contributed by atoms with van der Waals surface area (Å²) in [6.07, 6.45) is 0.302. The third-order valence-corrected chi connectivity index (χ3v) is 8.03. The number of nitrogens with zero attached hydrogens (tertiary/aromatic N) is 2. The number of nitrogens with two attached hydrogens (primary N) is 1. The topological polar surface area (TPSA) is 104 Å². The number of carbonyl (C=O) groups excluding carboxylic acids is 1. The van der Waals surface area contributed by atoms with Crippen LogP contribution in [-0.2, 0) is 26.0 Å². The molecule has 0 radical (unpaired) electrons. The van der Waals surface area contributed by atoms with Gasteiger partial charge in [-0.2, -0.15) is 0 Å². The molecule has 2 N–H and O–H groups in total. The molecule has 0 saturated heterocycles. The van der Waals surface area contributed by atoms with Crippen LogP contribution in [0, 0.1) is 6.92 Å². The van der Waals surface area contributed by atoms with Crippen LogP contribution >= 0.6 is 0 Å². The van der Waals surface area contributed by atoms with Crippen LogP contribution in [0.1, 0.15) is 11.4 Å². The van der Waals surface area contributed by atoms with Crippen LogP contribution in [0.5, 0.6) is 0 Å². The van der Waals surface area contributed by atoms with Crippen molar-refractivity contribution in [3.63, 3.8) is 0 Å². The second-order valence-corrected chi connectivity index (χ2v) is 15.3. The second-order valence-electron chi connectivity index (χ2n) is 7.71. The van der Waals surface area contributed by atoms with Gasteiger partial charge >= 0.3 is 5.97 Å². The van der Waals surface area contributed by atoms with Crippen LogP contribution in [0.15, 0.2) is 18.2 Å². The average molecular weight is 398 g/mol. The molecule has 0 aliphatic carbocycles. The summed E-state index contributed by atoms with van der Waals surface area (Å²) >= 11 is 0. The van der Waals surface area contributed by atoms with E-state index in [-0.39, 0.29) is 5.75 Å². The number of hydrogen-bond donors (Lipinski definition) is 1. The van der Waals surface area contributed by atoms with E-state index in [1.807, 2.05) is 0 Å². The third kappa shape index (κ3) is 4.71. The number of hydrogen-bond acceptors (Lipinski definition) is 6. The lowest BCUT2D eigenvalue weighted by molar-refractivity contribution is -0.142. The van der Waals surface area contributed by atoms with E-state index in [9.17, 15) is 13.2 Å². The summed E-state index contributed by atoms with van der Waals surface area (Å²) in [6.45, 7) is 8.14. The van der Waals surface area contributed by atoms with Crippen LogP contribution in [0.2, 0.25) is 25.7 Å². The molecule has 1 aromatic heterocycles. The maximum atomic E-state index is 12.8. The summed E-state index contributed by atoms with van der Waals surface area (Å²) in [5.74, 6) is 0.0648. The monoisotopic (exact) mass is 397 g/mol. The molecule has 2 aromatic rings. The molecule has 9 heteroatoms. The van der Waals surface area contributed by atoms with Gasteiger partial charge in [0.2, 0.25) is 10.0 Å². The Balaban J connectivity index is 2.36. The van der Waals surface area contributed by atoms with Gasteiger partial charge in [-0.15, -0.1) is 0 Å². The zero-order valence-corrected chi connectivity index (χ0v) is 17.8. The van der Waals surface area contributed by atoms with Gasteiger partial charge in [-0.1, -0.05) is 25.7 Å². The van der Waals surface area contributed by atoms with Crippen molar-refractivity contribution in [2.75, 3.05) is 12.9 Å². The first-order valence-electron chi connectivity index (χ1n) is 8.49. The van der Waals surface area contributed by atoms with Gasteiger partial charge in [0.15, 0.2) is 0 Å². The molecule has 1 atom stereocenters. The molecule has 1 aromatic carbocycles. The Morgan fingerprint density at radius 2 is 2.00 bits per heavy atom. The molecule has 144 valence electrons. The van der Waals surface area contributed by atoms with Crippen LogP contribution in [0.3, 0.4) is 0 Å². The van der Waals surface area contributed by atoms with Gasteiger partial charge in [-0.25, -0.2) is 17.4 Å². The number of aryl methyl sites for hydroxylation is 1. The van der Waals surface area contributed by atoms with Crippen molar-refractivity contribution in [1.29, 1.82) is 0 Å². The van der Waals surface area contributed by atoms with Gasteiger partial charge in [0.25, 0.3) is 0 Å². The van der Waals surface area contributed by atoms with Crippen molar-refractivity contribution in [1.82, 2.24) is 8.96 Å². The van der Waals surface area contributed by atoms with Crippen LogP contribution in [0.25, 0.3) is 11.0 Å². The number of carbonyl (C=O) groups is 1. The van der Waals surface area contributed by atoms with E-state index in [0.717, 1.165) is 5.56 Å². The van der Waals surface area contributed by atoms with Crippen molar-refractivity contribution >= 4 is 35.1 Å². The van der Waals surface area contributed by atoms with Gasteiger partial charge < -0.3 is 10.5 Å². The van der Waals surface area contributed by atoms with Gasteiger partial charge in [0.1, 0.15) is 11.9 Å². The highest BCUT2D eigenvalue weighted by atomic mass is 32.2. The molecule has 0 spiro atoms. The Morgan fingerprint density at radius 1 is 1.35 bits per heavy atom. The summed E-state index contributed by atoms with van der Waals surface area (Å²) in [7, 11) is -3.65. The lowest BCUT2D eigenvalue weighted by Gasteiger charge is -2.16. The lowest BCUT2D eigenvalue weighted by atomic mass is 10.1. The molecule has 0 aliphatic heterocycles. The third-order valence-electron chi connectivity index (χ3n) is 4.18. The minimum atomic E-state index is -3.47. The van der Waals surface area contributed by atoms with Crippen molar-refractivity contribution in [2.45, 2.75) is 45.1 Å². The number of fused-ring (bicyclic) bond motifs is 1. The van der Waals surface area contributed by atoms with Crippen LogP contribution in [0.4, 0.5) is 0 Å². The summed E-state index contributed by atoms with van der Waals surface area (Å²) in [6, 6.07) is 5.20. The fourth-order valence-corrected chi connectivity index (χ4v) is 7.28. The van der Waals surface area contributed by atoms with E-state index in [0.29, 0.717) is 29.3 Å². The molecule has 26 heavy (non-hydrogen) atoms. The Morgan fingerprint density at radius 3 is 2.58 bits per heavy atom. The lowest BCUT2D eigenvalue weighted by Crippen LogP contribution is -2.33. The largest absolute Gasteiger partial charge is 0.468 e. The minimum Gasteiger partial charge on any atom is -0.468 e. The number of ether oxygens (including phenoxy) is 1. The average Bonchev–Trinajstić information content (AvgIpc) is 2.87. The summed E-state index contributed by atoms with van der Waals surface area (Å²) in [5, 5.41) is 0. The van der Waals surface area contributed by atoms with E-state index in [1.54, 1.807) is 25.1 Å². The summed E-state index contributed by atoms with van der Waals surface area (Å²) < 4.78 is 31.6. The van der Waals surface area contributed by atoms with Crippen molar-refractivity contribution in [2.24, 2.45) is 5.73 Å². The van der Waals surface area contributed by atoms with E-state index in [2.05, 4.69) is 29.4 Å². The van der Waals surface area contributed by atoms with Gasteiger partial charge in [0.05, 0.1) is 23.9 Å². The fraction of sp³-hybridized carbons (Fsp3) is 0.529. The van der Waals surface area contributed by atoms with Gasteiger partial charge in [-0.3, -0.25) is 4.79 Å². The molecular formula is C17H27N3O4SSi. The summed E-state index contributed by atoms with van der Waals surface area (Å²) in [4.78, 5) is 15.9. The first kappa shape index (κ1) is 20.6. The quantitative estimate of drug-likeness (QED) is 0.565. The van der Waals surface area contributed by atoms with Crippen molar-refractivity contribution in [3.8, 4) is 0 Å². The van der Waals surface area contributed by atoms with E-state index < -0.39 is 30.1 Å². The first-order valence-corrected chi connectivity index (χ1v) is 13.8. The highest BCUT2D eigenvalue weighted by molar-refractivity contribution is 7.90. The SMILES string of the molecule is COC(=O)C(N)Cc1ccc2c(c1)nc(C)n2S(=O)(=O)CC[Si](C)(C)C. The number of methoxy groups -OCH3 is 1.